The molecule has 0 saturated carbocycles. The fourth-order valence-corrected chi connectivity index (χ4v) is 2.48. The van der Waals surface area contributed by atoms with Crippen LogP contribution in [0.1, 0.15) is 15.9 Å². The second-order valence-electron chi connectivity index (χ2n) is 4.87. The molecule has 2 nitrogen and oxygen atoms in total. The molecule has 0 unspecified atom stereocenters. The van der Waals surface area contributed by atoms with Crippen LogP contribution >= 0.6 is 0 Å². The summed E-state index contributed by atoms with van der Waals surface area (Å²) in [7, 11) is 0. The van der Waals surface area contributed by atoms with Gasteiger partial charge in [0.2, 0.25) is 0 Å². The maximum absolute atomic E-state index is 13.3. The summed E-state index contributed by atoms with van der Waals surface area (Å²) < 4.78 is 26.1. The lowest BCUT2D eigenvalue weighted by atomic mass is 10.1. The maximum atomic E-state index is 13.3. The number of rotatable bonds is 3. The number of carbonyl (C=O) groups excluding carboxylic acids is 1. The smallest absolute Gasteiger partial charge is 0.182 e. The molecule has 1 heterocycles. The van der Waals surface area contributed by atoms with E-state index in [0.717, 1.165) is 17.7 Å². The number of anilines is 1. The van der Waals surface area contributed by atoms with Gasteiger partial charge in [0.1, 0.15) is 11.6 Å². The number of Topliss-reactive ketones (excluding diaryl/α,β-unsaturated/α-hetero) is 1. The lowest BCUT2D eigenvalue weighted by Gasteiger charge is -2.18. The number of halogens is 2. The van der Waals surface area contributed by atoms with Gasteiger partial charge in [0.05, 0.1) is 6.54 Å². The van der Waals surface area contributed by atoms with Crippen molar-refractivity contribution in [1.29, 1.82) is 0 Å². The molecule has 0 saturated heterocycles. The van der Waals surface area contributed by atoms with Crippen LogP contribution in [0, 0.1) is 11.6 Å². The van der Waals surface area contributed by atoms with E-state index in [0.29, 0.717) is 12.1 Å². The number of hydrogen-bond acceptors (Lipinski definition) is 2. The summed E-state index contributed by atoms with van der Waals surface area (Å²) in [5.41, 5.74) is 2.30. The summed E-state index contributed by atoms with van der Waals surface area (Å²) in [4.78, 5) is 14.0. The molecular weight excluding hydrogens is 260 g/mol. The predicted molar refractivity (Wildman–Crippen MR) is 73.0 cm³/mol. The zero-order chi connectivity index (χ0) is 14.1. The zero-order valence-electron chi connectivity index (χ0n) is 10.8. The molecule has 102 valence electrons. The van der Waals surface area contributed by atoms with Crippen molar-refractivity contribution in [1.82, 2.24) is 0 Å². The summed E-state index contributed by atoms with van der Waals surface area (Å²) in [6.45, 7) is 0.883. The lowest BCUT2D eigenvalue weighted by Crippen LogP contribution is -2.28. The molecule has 0 bridgehead atoms. The number of ketones is 1. The Morgan fingerprint density at radius 3 is 2.50 bits per heavy atom. The molecule has 20 heavy (non-hydrogen) atoms. The molecule has 1 aliphatic heterocycles. The van der Waals surface area contributed by atoms with Crippen LogP contribution in [-0.4, -0.2) is 18.9 Å². The second-order valence-corrected chi connectivity index (χ2v) is 4.87. The van der Waals surface area contributed by atoms with E-state index < -0.39 is 0 Å². The van der Waals surface area contributed by atoms with E-state index in [1.807, 2.05) is 4.90 Å². The number of hydrogen-bond donors (Lipinski definition) is 0. The Morgan fingerprint density at radius 2 is 1.75 bits per heavy atom. The zero-order valence-corrected chi connectivity index (χ0v) is 10.8. The quantitative estimate of drug-likeness (QED) is 0.800. The molecule has 0 amide bonds. The van der Waals surface area contributed by atoms with E-state index in [1.165, 1.54) is 36.4 Å². The van der Waals surface area contributed by atoms with Gasteiger partial charge in [-0.2, -0.15) is 0 Å². The normalized spacial score (nSPS) is 13.4. The van der Waals surface area contributed by atoms with Crippen molar-refractivity contribution in [2.24, 2.45) is 0 Å². The molecule has 0 atom stereocenters. The molecule has 2 aromatic carbocycles. The van der Waals surface area contributed by atoms with Crippen LogP contribution in [-0.2, 0) is 6.42 Å². The first-order chi connectivity index (χ1) is 9.63. The van der Waals surface area contributed by atoms with Gasteiger partial charge in [0.25, 0.3) is 0 Å². The highest BCUT2D eigenvalue weighted by Gasteiger charge is 2.22. The topological polar surface area (TPSA) is 20.3 Å². The highest BCUT2D eigenvalue weighted by molar-refractivity contribution is 5.99. The van der Waals surface area contributed by atoms with E-state index in [2.05, 4.69) is 0 Å². The van der Waals surface area contributed by atoms with Crippen molar-refractivity contribution in [2.75, 3.05) is 18.0 Å². The van der Waals surface area contributed by atoms with Gasteiger partial charge in [0, 0.05) is 17.8 Å². The van der Waals surface area contributed by atoms with Crippen molar-refractivity contribution in [3.8, 4) is 0 Å². The van der Waals surface area contributed by atoms with Gasteiger partial charge in [-0.05, 0) is 48.4 Å². The van der Waals surface area contributed by atoms with E-state index >= 15 is 0 Å². The molecule has 1 aliphatic rings. The van der Waals surface area contributed by atoms with E-state index in [4.69, 9.17) is 0 Å². The van der Waals surface area contributed by atoms with Gasteiger partial charge in [-0.1, -0.05) is 6.07 Å². The fourth-order valence-electron chi connectivity index (χ4n) is 2.48. The highest BCUT2D eigenvalue weighted by Crippen LogP contribution is 2.28. The molecular formula is C16H13F2NO. The monoisotopic (exact) mass is 273 g/mol. The molecule has 0 radical (unpaired) electrons. The average Bonchev–Trinajstić information content (AvgIpc) is 2.82. The van der Waals surface area contributed by atoms with Gasteiger partial charge in [-0.15, -0.1) is 0 Å². The molecule has 2 aromatic rings. The van der Waals surface area contributed by atoms with Crippen LogP contribution in [0.15, 0.2) is 42.5 Å². The summed E-state index contributed by atoms with van der Waals surface area (Å²) in [5.74, 6) is -0.762. The Hall–Kier alpha value is -2.23. The first kappa shape index (κ1) is 12.8. The van der Waals surface area contributed by atoms with Crippen LogP contribution in [0.2, 0.25) is 0 Å². The Balaban J connectivity index is 1.78. The van der Waals surface area contributed by atoms with Crippen LogP contribution < -0.4 is 4.90 Å². The van der Waals surface area contributed by atoms with Gasteiger partial charge in [-0.25, -0.2) is 8.78 Å². The Bertz CT molecular complexity index is 652. The van der Waals surface area contributed by atoms with Gasteiger partial charge < -0.3 is 4.90 Å². The molecule has 4 heteroatoms. The summed E-state index contributed by atoms with van der Waals surface area (Å²) in [6, 6.07) is 10.1. The van der Waals surface area contributed by atoms with E-state index in [1.54, 1.807) is 6.07 Å². The molecule has 0 aromatic heterocycles. The summed E-state index contributed by atoms with van der Waals surface area (Å²) in [6.07, 6.45) is 0.812. The standard InChI is InChI=1S/C16H13F2NO/c17-13-4-2-12(3-5-13)16(20)10-19-8-7-11-1-6-14(18)9-15(11)19/h1-6,9H,7-8,10H2. The molecule has 0 N–H and O–H groups in total. The third-order valence-electron chi connectivity index (χ3n) is 3.54. The van der Waals surface area contributed by atoms with Crippen molar-refractivity contribution >= 4 is 11.5 Å². The van der Waals surface area contributed by atoms with Crippen molar-refractivity contribution in [3.05, 3.63) is 65.2 Å². The van der Waals surface area contributed by atoms with Crippen LogP contribution in [0.3, 0.4) is 0 Å². The third kappa shape index (κ3) is 2.41. The number of benzene rings is 2. The van der Waals surface area contributed by atoms with Gasteiger partial charge in [0.15, 0.2) is 5.78 Å². The fraction of sp³-hybridized carbons (Fsp3) is 0.188. The minimum Gasteiger partial charge on any atom is -0.363 e. The van der Waals surface area contributed by atoms with Crippen LogP contribution in [0.25, 0.3) is 0 Å². The predicted octanol–water partition coefficient (Wildman–Crippen LogP) is 3.21. The van der Waals surface area contributed by atoms with Crippen molar-refractivity contribution in [3.63, 3.8) is 0 Å². The van der Waals surface area contributed by atoms with E-state index in [9.17, 15) is 13.6 Å². The largest absolute Gasteiger partial charge is 0.363 e. The minimum atomic E-state index is -0.366. The Kier molecular flexibility index (Phi) is 3.22. The highest BCUT2D eigenvalue weighted by atomic mass is 19.1. The number of carbonyl (C=O) groups is 1. The van der Waals surface area contributed by atoms with Gasteiger partial charge >= 0.3 is 0 Å². The van der Waals surface area contributed by atoms with E-state index in [-0.39, 0.29) is 24.0 Å². The Labute approximate surface area is 115 Å². The third-order valence-corrected chi connectivity index (χ3v) is 3.54. The molecule has 3 rings (SSSR count). The first-order valence-corrected chi connectivity index (χ1v) is 6.45. The first-order valence-electron chi connectivity index (χ1n) is 6.45. The Morgan fingerprint density at radius 1 is 1.05 bits per heavy atom. The number of nitrogens with zero attached hydrogens (tertiary/aromatic N) is 1. The second kappa shape index (κ2) is 5.04. The van der Waals surface area contributed by atoms with Crippen molar-refractivity contribution in [2.45, 2.75) is 6.42 Å². The van der Waals surface area contributed by atoms with Crippen LogP contribution in [0.5, 0.6) is 0 Å². The SMILES string of the molecule is O=C(CN1CCc2ccc(F)cc21)c1ccc(F)cc1. The summed E-state index contributed by atoms with van der Waals surface area (Å²) >= 11 is 0. The average molecular weight is 273 g/mol. The number of fused-ring (bicyclic) bond motifs is 1. The summed E-state index contributed by atoms with van der Waals surface area (Å²) in [5, 5.41) is 0. The molecule has 0 spiro atoms. The van der Waals surface area contributed by atoms with Crippen molar-refractivity contribution < 1.29 is 13.6 Å². The van der Waals surface area contributed by atoms with Crippen LogP contribution in [0.4, 0.5) is 14.5 Å². The maximum Gasteiger partial charge on any atom is 0.182 e. The molecule has 0 aliphatic carbocycles. The minimum absolute atomic E-state index is 0.0953. The lowest BCUT2D eigenvalue weighted by molar-refractivity contribution is 0.0999. The molecule has 0 fully saturated rings. The van der Waals surface area contributed by atoms with Gasteiger partial charge in [-0.3, -0.25) is 4.79 Å².